The number of aliphatic hydroxyl groups is 1. The Balaban J connectivity index is 2.30. The molecule has 106 valence electrons. The third-order valence-electron chi connectivity index (χ3n) is 3.41. The number of anilines is 1. The minimum absolute atomic E-state index is 0.0862. The van der Waals surface area contributed by atoms with Gasteiger partial charge in [-0.1, -0.05) is 27.7 Å². The minimum atomic E-state index is 0.0862. The summed E-state index contributed by atoms with van der Waals surface area (Å²) >= 11 is 2.04. The van der Waals surface area contributed by atoms with Gasteiger partial charge in [0.2, 0.25) is 0 Å². The van der Waals surface area contributed by atoms with E-state index in [-0.39, 0.29) is 6.61 Å². The molecule has 1 aliphatic rings. The van der Waals surface area contributed by atoms with Crippen molar-refractivity contribution in [1.82, 2.24) is 4.98 Å². The average molecular weight is 280 g/mol. The van der Waals surface area contributed by atoms with Gasteiger partial charge in [0.25, 0.3) is 0 Å². The number of nitrogens with zero attached hydrogens (tertiary/aromatic N) is 2. The molecule has 2 rings (SSSR count). The van der Waals surface area contributed by atoms with Crippen molar-refractivity contribution in [3.05, 3.63) is 23.4 Å². The summed E-state index contributed by atoms with van der Waals surface area (Å²) < 4.78 is 0. The zero-order valence-electron chi connectivity index (χ0n) is 12.3. The summed E-state index contributed by atoms with van der Waals surface area (Å²) in [5.41, 5.74) is 2.03. The van der Waals surface area contributed by atoms with Gasteiger partial charge in [0.05, 0.1) is 6.61 Å². The van der Waals surface area contributed by atoms with Crippen molar-refractivity contribution >= 4 is 17.6 Å². The Hall–Kier alpha value is -0.740. The molecule has 0 spiro atoms. The van der Waals surface area contributed by atoms with Crippen LogP contribution in [0.1, 0.15) is 44.9 Å². The minimum Gasteiger partial charge on any atom is -0.392 e. The molecule has 3 nitrogen and oxygen atoms in total. The first-order chi connectivity index (χ1) is 8.99. The molecule has 0 saturated carbocycles. The Labute approximate surface area is 120 Å². The van der Waals surface area contributed by atoms with Crippen molar-refractivity contribution in [3.63, 3.8) is 0 Å². The molecule has 1 aliphatic heterocycles. The van der Waals surface area contributed by atoms with Gasteiger partial charge in [0.1, 0.15) is 5.82 Å². The van der Waals surface area contributed by atoms with E-state index < -0.39 is 0 Å². The number of hydrogen-bond acceptors (Lipinski definition) is 4. The number of aliphatic hydroxyl groups excluding tert-OH is 1. The number of aromatic nitrogens is 1. The summed E-state index contributed by atoms with van der Waals surface area (Å²) in [6.07, 6.45) is 0. The van der Waals surface area contributed by atoms with Crippen molar-refractivity contribution in [1.29, 1.82) is 0 Å². The first-order valence-corrected chi connectivity index (χ1v) is 7.96. The van der Waals surface area contributed by atoms with Gasteiger partial charge in [-0.2, -0.15) is 11.8 Å². The predicted octanol–water partition coefficient (Wildman–Crippen LogP) is 3.03. The fourth-order valence-corrected chi connectivity index (χ4v) is 3.83. The van der Waals surface area contributed by atoms with Gasteiger partial charge >= 0.3 is 0 Å². The maximum atomic E-state index is 9.42. The molecule has 0 bridgehead atoms. The van der Waals surface area contributed by atoms with Gasteiger partial charge in [-0.25, -0.2) is 4.98 Å². The fourth-order valence-electron chi connectivity index (χ4n) is 2.51. The Bertz CT molecular complexity index is 426. The van der Waals surface area contributed by atoms with Crippen molar-refractivity contribution in [2.24, 2.45) is 0 Å². The molecule has 0 aliphatic carbocycles. The molecule has 2 atom stereocenters. The molecule has 1 aromatic heterocycles. The standard InChI is InChI=1S/C15H24N2OS/c1-10(2)14-5-13(9-18)6-15(16-14)17-7-11(3)19-12(4)8-17/h5-6,10-12,18H,7-9H2,1-4H3. The quantitative estimate of drug-likeness (QED) is 0.923. The fraction of sp³-hybridized carbons (Fsp3) is 0.667. The normalized spacial score (nSPS) is 24.0. The van der Waals surface area contributed by atoms with Crippen LogP contribution in [0.4, 0.5) is 5.82 Å². The van der Waals surface area contributed by atoms with Gasteiger partial charge < -0.3 is 10.0 Å². The lowest BCUT2D eigenvalue weighted by atomic mass is 10.1. The topological polar surface area (TPSA) is 36.4 Å². The lowest BCUT2D eigenvalue weighted by Crippen LogP contribution is -2.41. The van der Waals surface area contributed by atoms with E-state index in [1.807, 2.05) is 23.9 Å². The summed E-state index contributed by atoms with van der Waals surface area (Å²) in [7, 11) is 0. The number of pyridine rings is 1. The van der Waals surface area contributed by atoms with Gasteiger partial charge in [0, 0.05) is 29.3 Å². The first-order valence-electron chi connectivity index (χ1n) is 7.01. The Morgan fingerprint density at radius 1 is 1.32 bits per heavy atom. The van der Waals surface area contributed by atoms with Gasteiger partial charge in [0.15, 0.2) is 0 Å². The summed E-state index contributed by atoms with van der Waals surface area (Å²) in [4.78, 5) is 7.14. The molecule has 0 aromatic carbocycles. The lowest BCUT2D eigenvalue weighted by molar-refractivity contribution is 0.281. The van der Waals surface area contributed by atoms with Crippen LogP contribution in [0.2, 0.25) is 0 Å². The van der Waals surface area contributed by atoms with Gasteiger partial charge in [-0.3, -0.25) is 0 Å². The van der Waals surface area contributed by atoms with E-state index in [0.717, 1.165) is 30.2 Å². The zero-order chi connectivity index (χ0) is 14.0. The second-order valence-corrected chi connectivity index (χ2v) is 7.62. The highest BCUT2D eigenvalue weighted by molar-refractivity contribution is 8.00. The molecule has 2 unspecified atom stereocenters. The summed E-state index contributed by atoms with van der Waals surface area (Å²) in [5.74, 6) is 1.41. The van der Waals surface area contributed by atoms with Crippen molar-refractivity contribution in [2.75, 3.05) is 18.0 Å². The van der Waals surface area contributed by atoms with Gasteiger partial charge in [-0.15, -0.1) is 0 Å². The smallest absolute Gasteiger partial charge is 0.129 e. The zero-order valence-corrected chi connectivity index (χ0v) is 13.1. The van der Waals surface area contributed by atoms with E-state index in [1.165, 1.54) is 0 Å². The predicted molar refractivity (Wildman–Crippen MR) is 83.0 cm³/mol. The Morgan fingerprint density at radius 3 is 2.47 bits per heavy atom. The molecule has 0 radical (unpaired) electrons. The maximum Gasteiger partial charge on any atom is 0.129 e. The molecule has 4 heteroatoms. The number of rotatable bonds is 3. The Morgan fingerprint density at radius 2 is 1.95 bits per heavy atom. The van der Waals surface area contributed by atoms with Crippen LogP contribution in [0.3, 0.4) is 0 Å². The van der Waals surface area contributed by atoms with Crippen LogP contribution in [0.5, 0.6) is 0 Å². The number of hydrogen-bond donors (Lipinski definition) is 1. The van der Waals surface area contributed by atoms with Crippen LogP contribution in [-0.4, -0.2) is 33.7 Å². The van der Waals surface area contributed by atoms with Crippen molar-refractivity contribution in [3.8, 4) is 0 Å². The molecule has 1 saturated heterocycles. The first kappa shape index (κ1) is 14.7. The van der Waals surface area contributed by atoms with E-state index in [1.54, 1.807) is 0 Å². The molecular formula is C15H24N2OS. The SMILES string of the molecule is CC1CN(c2cc(CO)cc(C(C)C)n2)CC(C)S1. The highest BCUT2D eigenvalue weighted by Crippen LogP contribution is 2.29. The lowest BCUT2D eigenvalue weighted by Gasteiger charge is -2.35. The van der Waals surface area contributed by atoms with Crippen molar-refractivity contribution < 1.29 is 5.11 Å². The monoisotopic (exact) mass is 280 g/mol. The highest BCUT2D eigenvalue weighted by atomic mass is 32.2. The number of thioether (sulfide) groups is 1. The molecule has 0 amide bonds. The summed E-state index contributed by atoms with van der Waals surface area (Å²) in [6.45, 7) is 11.0. The van der Waals surface area contributed by atoms with Crippen LogP contribution >= 0.6 is 11.8 Å². The average Bonchev–Trinajstić information content (AvgIpc) is 2.37. The molecular weight excluding hydrogens is 256 g/mol. The van der Waals surface area contributed by atoms with E-state index in [9.17, 15) is 5.11 Å². The molecule has 2 heterocycles. The third-order valence-corrected chi connectivity index (χ3v) is 4.64. The largest absolute Gasteiger partial charge is 0.392 e. The molecule has 1 N–H and O–H groups in total. The highest BCUT2D eigenvalue weighted by Gasteiger charge is 2.23. The summed E-state index contributed by atoms with van der Waals surface area (Å²) in [6, 6.07) is 4.04. The maximum absolute atomic E-state index is 9.42. The van der Waals surface area contributed by atoms with E-state index >= 15 is 0 Å². The van der Waals surface area contributed by atoms with Crippen LogP contribution in [0.15, 0.2) is 12.1 Å². The van der Waals surface area contributed by atoms with Crippen LogP contribution < -0.4 is 4.90 Å². The van der Waals surface area contributed by atoms with Crippen molar-refractivity contribution in [2.45, 2.75) is 50.7 Å². The summed E-state index contributed by atoms with van der Waals surface area (Å²) in [5, 5.41) is 10.7. The van der Waals surface area contributed by atoms with Gasteiger partial charge in [-0.05, 0) is 23.6 Å². The Kier molecular flexibility index (Phi) is 4.74. The molecule has 1 aromatic rings. The second kappa shape index (κ2) is 6.14. The molecule has 19 heavy (non-hydrogen) atoms. The molecule has 1 fully saturated rings. The van der Waals surface area contributed by atoms with E-state index in [2.05, 4.69) is 32.6 Å². The van der Waals surface area contributed by atoms with E-state index in [4.69, 9.17) is 4.98 Å². The van der Waals surface area contributed by atoms with Crippen LogP contribution in [0.25, 0.3) is 0 Å². The van der Waals surface area contributed by atoms with Crippen LogP contribution in [-0.2, 0) is 6.61 Å². The second-order valence-electron chi connectivity index (χ2n) is 5.73. The van der Waals surface area contributed by atoms with Crippen LogP contribution in [0, 0.1) is 0 Å². The van der Waals surface area contributed by atoms with E-state index in [0.29, 0.717) is 16.4 Å². The third kappa shape index (κ3) is 3.63.